The summed E-state index contributed by atoms with van der Waals surface area (Å²) < 4.78 is 9.63. The molecule has 0 amide bonds. The van der Waals surface area contributed by atoms with Crippen molar-refractivity contribution >= 4 is 11.9 Å². The number of benzene rings is 1. The minimum absolute atomic E-state index is 0.0407. The molecule has 0 saturated carbocycles. The standard InChI is InChI=1S/C13H18N2O4/c1-13(10(14)15,11(16)18-2)12(17)19-8-9-6-4-3-5-7-9/h3-7,10H,8,14-15H2,1-2H3. The molecule has 4 N–H and O–H groups in total. The third-order valence-electron chi connectivity index (χ3n) is 2.91. The van der Waals surface area contributed by atoms with Gasteiger partial charge in [0.05, 0.1) is 13.3 Å². The molecule has 1 rings (SSSR count). The Morgan fingerprint density at radius 3 is 2.26 bits per heavy atom. The first-order valence-electron chi connectivity index (χ1n) is 5.73. The fraction of sp³-hybridized carbons (Fsp3) is 0.385. The Hall–Kier alpha value is -1.92. The topological polar surface area (TPSA) is 105 Å². The second-order valence-electron chi connectivity index (χ2n) is 4.28. The van der Waals surface area contributed by atoms with E-state index in [1.54, 1.807) is 12.1 Å². The highest BCUT2D eigenvalue weighted by molar-refractivity contribution is 6.00. The highest BCUT2D eigenvalue weighted by Crippen LogP contribution is 2.22. The molecule has 0 aromatic heterocycles. The van der Waals surface area contributed by atoms with Gasteiger partial charge in [-0.2, -0.15) is 0 Å². The summed E-state index contributed by atoms with van der Waals surface area (Å²) in [4.78, 5) is 23.6. The third-order valence-corrected chi connectivity index (χ3v) is 2.91. The average Bonchev–Trinajstić information content (AvgIpc) is 2.43. The summed E-state index contributed by atoms with van der Waals surface area (Å²) in [6, 6.07) is 9.07. The second-order valence-corrected chi connectivity index (χ2v) is 4.28. The van der Waals surface area contributed by atoms with Gasteiger partial charge in [0.25, 0.3) is 0 Å². The van der Waals surface area contributed by atoms with Crippen LogP contribution < -0.4 is 11.5 Å². The summed E-state index contributed by atoms with van der Waals surface area (Å²) in [6.45, 7) is 1.34. The van der Waals surface area contributed by atoms with Gasteiger partial charge in [0.2, 0.25) is 0 Å². The van der Waals surface area contributed by atoms with Crippen LogP contribution in [-0.4, -0.2) is 25.2 Å². The van der Waals surface area contributed by atoms with E-state index in [1.165, 1.54) is 6.92 Å². The van der Waals surface area contributed by atoms with Gasteiger partial charge in [-0.15, -0.1) is 0 Å². The van der Waals surface area contributed by atoms with Crippen LogP contribution in [0.3, 0.4) is 0 Å². The molecular weight excluding hydrogens is 248 g/mol. The Bertz CT molecular complexity index is 447. The van der Waals surface area contributed by atoms with Gasteiger partial charge in [-0.1, -0.05) is 30.3 Å². The van der Waals surface area contributed by atoms with Gasteiger partial charge in [-0.05, 0) is 12.5 Å². The van der Waals surface area contributed by atoms with Gasteiger partial charge in [0.15, 0.2) is 5.41 Å². The van der Waals surface area contributed by atoms with Gasteiger partial charge < -0.3 is 20.9 Å². The Labute approximate surface area is 111 Å². The van der Waals surface area contributed by atoms with Gasteiger partial charge >= 0.3 is 11.9 Å². The van der Waals surface area contributed by atoms with E-state index in [0.717, 1.165) is 12.7 Å². The number of hydrogen-bond acceptors (Lipinski definition) is 6. The normalized spacial score (nSPS) is 13.7. The van der Waals surface area contributed by atoms with Crippen LogP contribution in [0.5, 0.6) is 0 Å². The molecule has 0 heterocycles. The molecule has 1 aromatic rings. The smallest absolute Gasteiger partial charge is 0.326 e. The van der Waals surface area contributed by atoms with Crippen molar-refractivity contribution in [3.63, 3.8) is 0 Å². The van der Waals surface area contributed by atoms with E-state index in [4.69, 9.17) is 16.2 Å². The number of ether oxygens (including phenoxy) is 2. The van der Waals surface area contributed by atoms with Crippen molar-refractivity contribution in [3.05, 3.63) is 35.9 Å². The Balaban J connectivity index is 2.77. The molecule has 0 saturated heterocycles. The van der Waals surface area contributed by atoms with Crippen molar-refractivity contribution in [2.24, 2.45) is 16.9 Å². The van der Waals surface area contributed by atoms with Gasteiger partial charge in [-0.25, -0.2) is 0 Å². The molecule has 0 aliphatic carbocycles. The highest BCUT2D eigenvalue weighted by Gasteiger charge is 2.48. The zero-order chi connectivity index (χ0) is 14.5. The molecule has 1 aromatic carbocycles. The van der Waals surface area contributed by atoms with Crippen molar-refractivity contribution in [1.29, 1.82) is 0 Å². The molecule has 0 aliphatic rings. The number of hydrogen-bond donors (Lipinski definition) is 2. The lowest BCUT2D eigenvalue weighted by molar-refractivity contribution is -0.172. The monoisotopic (exact) mass is 266 g/mol. The minimum atomic E-state index is -1.72. The molecule has 1 atom stereocenters. The molecule has 104 valence electrons. The lowest BCUT2D eigenvalue weighted by Crippen LogP contribution is -2.56. The lowest BCUT2D eigenvalue weighted by Gasteiger charge is -2.27. The van der Waals surface area contributed by atoms with Gasteiger partial charge in [0.1, 0.15) is 6.61 Å². The zero-order valence-electron chi connectivity index (χ0n) is 11.0. The lowest BCUT2D eigenvalue weighted by atomic mass is 9.87. The van der Waals surface area contributed by atoms with Crippen LogP contribution >= 0.6 is 0 Å². The predicted molar refractivity (Wildman–Crippen MR) is 68.5 cm³/mol. The molecule has 0 fully saturated rings. The summed E-state index contributed by atoms with van der Waals surface area (Å²) in [5.41, 5.74) is 10.1. The SMILES string of the molecule is COC(=O)C(C)(C(=O)OCc1ccccc1)C(N)N. The summed E-state index contributed by atoms with van der Waals surface area (Å²) in [5, 5.41) is 0. The number of rotatable bonds is 5. The van der Waals surface area contributed by atoms with E-state index in [2.05, 4.69) is 4.74 Å². The first-order valence-corrected chi connectivity index (χ1v) is 5.73. The number of methoxy groups -OCH3 is 1. The molecule has 6 heteroatoms. The molecule has 6 nitrogen and oxygen atoms in total. The van der Waals surface area contributed by atoms with Crippen LogP contribution in [0.4, 0.5) is 0 Å². The van der Waals surface area contributed by atoms with E-state index >= 15 is 0 Å². The number of carbonyl (C=O) groups excluding carboxylic acids is 2. The first kappa shape index (κ1) is 15.1. The van der Waals surface area contributed by atoms with Crippen LogP contribution in [0.1, 0.15) is 12.5 Å². The average molecular weight is 266 g/mol. The van der Waals surface area contributed by atoms with E-state index in [-0.39, 0.29) is 6.61 Å². The van der Waals surface area contributed by atoms with E-state index < -0.39 is 23.5 Å². The van der Waals surface area contributed by atoms with Crippen molar-refractivity contribution in [2.45, 2.75) is 19.7 Å². The maximum absolute atomic E-state index is 12.0. The first-order chi connectivity index (χ1) is 8.92. The number of nitrogens with two attached hydrogens (primary N) is 2. The summed E-state index contributed by atoms with van der Waals surface area (Å²) >= 11 is 0. The highest BCUT2D eigenvalue weighted by atomic mass is 16.6. The fourth-order valence-corrected chi connectivity index (χ4v) is 1.44. The van der Waals surface area contributed by atoms with Gasteiger partial charge in [0, 0.05) is 0 Å². The van der Waals surface area contributed by atoms with Crippen LogP contribution in [0.15, 0.2) is 30.3 Å². The van der Waals surface area contributed by atoms with Crippen LogP contribution in [-0.2, 0) is 25.7 Å². The maximum Gasteiger partial charge on any atom is 0.326 e. The zero-order valence-corrected chi connectivity index (χ0v) is 11.0. The van der Waals surface area contributed by atoms with Crippen LogP contribution in [0, 0.1) is 5.41 Å². The fourth-order valence-electron chi connectivity index (χ4n) is 1.44. The molecule has 0 aliphatic heterocycles. The quantitative estimate of drug-likeness (QED) is 0.446. The molecule has 0 spiro atoms. The Morgan fingerprint density at radius 1 is 1.21 bits per heavy atom. The second kappa shape index (κ2) is 6.31. The van der Waals surface area contributed by atoms with Crippen molar-refractivity contribution in [1.82, 2.24) is 0 Å². The van der Waals surface area contributed by atoms with E-state index in [0.29, 0.717) is 0 Å². The third kappa shape index (κ3) is 3.30. The summed E-state index contributed by atoms with van der Waals surface area (Å²) in [6.07, 6.45) is -1.21. The van der Waals surface area contributed by atoms with Crippen LogP contribution in [0.2, 0.25) is 0 Å². The molecule has 0 bridgehead atoms. The minimum Gasteiger partial charge on any atom is -0.468 e. The molecule has 1 unspecified atom stereocenters. The number of esters is 2. The maximum atomic E-state index is 12.0. The predicted octanol–water partition coefficient (Wildman–Crippen LogP) is 0.153. The van der Waals surface area contributed by atoms with Gasteiger partial charge in [-0.3, -0.25) is 9.59 Å². The molecule has 0 radical (unpaired) electrons. The largest absolute Gasteiger partial charge is 0.468 e. The van der Waals surface area contributed by atoms with E-state index in [1.807, 2.05) is 18.2 Å². The van der Waals surface area contributed by atoms with Crippen molar-refractivity contribution < 1.29 is 19.1 Å². The summed E-state index contributed by atoms with van der Waals surface area (Å²) in [7, 11) is 1.16. The van der Waals surface area contributed by atoms with Crippen LogP contribution in [0.25, 0.3) is 0 Å². The summed E-state index contributed by atoms with van der Waals surface area (Å²) in [5.74, 6) is -1.63. The Morgan fingerprint density at radius 2 is 1.79 bits per heavy atom. The Kier molecular flexibility index (Phi) is 5.02. The molecule has 19 heavy (non-hydrogen) atoms. The number of carbonyl (C=O) groups is 2. The van der Waals surface area contributed by atoms with Crippen molar-refractivity contribution in [2.75, 3.05) is 7.11 Å². The molecular formula is C13H18N2O4. The van der Waals surface area contributed by atoms with E-state index in [9.17, 15) is 9.59 Å². The van der Waals surface area contributed by atoms with Crippen molar-refractivity contribution in [3.8, 4) is 0 Å².